The number of hydrogen-bond acceptors (Lipinski definition) is 4. The second-order valence-corrected chi connectivity index (χ2v) is 8.84. The number of hydrogen-bond donors (Lipinski definition) is 0. The van der Waals surface area contributed by atoms with E-state index in [0.29, 0.717) is 30.2 Å². The molecule has 0 atom stereocenters. The van der Waals surface area contributed by atoms with Crippen LogP contribution in [0, 0.1) is 12.3 Å². The Labute approximate surface area is 180 Å². The molecule has 2 aliphatic rings. The SMILES string of the molecule is CC(=O)c1ccn(C(=O)N2CCC3(CCN(C(=O)c4cc(Cl)ccc4C)C3)CC2)n1. The van der Waals surface area contributed by atoms with Crippen molar-refractivity contribution in [3.63, 3.8) is 0 Å². The summed E-state index contributed by atoms with van der Waals surface area (Å²) < 4.78 is 1.24. The van der Waals surface area contributed by atoms with Gasteiger partial charge in [-0.25, -0.2) is 4.79 Å². The van der Waals surface area contributed by atoms with Gasteiger partial charge in [-0.05, 0) is 55.4 Å². The van der Waals surface area contributed by atoms with E-state index in [0.717, 1.165) is 31.4 Å². The average molecular weight is 429 g/mol. The monoisotopic (exact) mass is 428 g/mol. The fourth-order valence-corrected chi connectivity index (χ4v) is 4.62. The lowest BCUT2D eigenvalue weighted by molar-refractivity contribution is 0.0734. The zero-order valence-corrected chi connectivity index (χ0v) is 18.0. The molecule has 158 valence electrons. The molecule has 8 heteroatoms. The summed E-state index contributed by atoms with van der Waals surface area (Å²) in [6.45, 7) is 6.01. The maximum absolute atomic E-state index is 13.0. The predicted molar refractivity (Wildman–Crippen MR) is 113 cm³/mol. The van der Waals surface area contributed by atoms with E-state index in [4.69, 9.17) is 11.6 Å². The minimum absolute atomic E-state index is 0.0266. The normalized spacial score (nSPS) is 18.1. The van der Waals surface area contributed by atoms with Gasteiger partial charge in [-0.3, -0.25) is 9.59 Å². The molecule has 0 N–H and O–H groups in total. The number of aryl methyl sites for hydroxylation is 1. The van der Waals surface area contributed by atoms with E-state index in [1.54, 1.807) is 23.1 Å². The highest BCUT2D eigenvalue weighted by molar-refractivity contribution is 6.31. The number of nitrogens with zero attached hydrogens (tertiary/aromatic N) is 4. The van der Waals surface area contributed by atoms with Crippen molar-refractivity contribution in [1.29, 1.82) is 0 Å². The molecule has 1 aromatic carbocycles. The number of likely N-dealkylation sites (tertiary alicyclic amines) is 2. The topological polar surface area (TPSA) is 75.5 Å². The van der Waals surface area contributed by atoms with Crippen LogP contribution in [0.3, 0.4) is 0 Å². The first-order chi connectivity index (χ1) is 14.3. The molecular weight excluding hydrogens is 404 g/mol. The van der Waals surface area contributed by atoms with Crippen molar-refractivity contribution < 1.29 is 14.4 Å². The van der Waals surface area contributed by atoms with Crippen molar-refractivity contribution in [3.05, 3.63) is 52.3 Å². The predicted octanol–water partition coefficient (Wildman–Crippen LogP) is 3.64. The van der Waals surface area contributed by atoms with Gasteiger partial charge in [-0.15, -0.1) is 0 Å². The summed E-state index contributed by atoms with van der Waals surface area (Å²) in [6, 6.07) is 6.76. The van der Waals surface area contributed by atoms with Gasteiger partial charge in [-0.1, -0.05) is 17.7 Å². The zero-order chi connectivity index (χ0) is 21.5. The van der Waals surface area contributed by atoms with Crippen molar-refractivity contribution >= 4 is 29.3 Å². The van der Waals surface area contributed by atoms with Gasteiger partial charge >= 0.3 is 6.03 Å². The van der Waals surface area contributed by atoms with Gasteiger partial charge in [0.1, 0.15) is 5.69 Å². The van der Waals surface area contributed by atoms with E-state index in [-0.39, 0.29) is 28.8 Å². The van der Waals surface area contributed by atoms with E-state index < -0.39 is 0 Å². The Bertz CT molecular complexity index is 1010. The van der Waals surface area contributed by atoms with Crippen LogP contribution in [-0.2, 0) is 0 Å². The molecule has 0 radical (unpaired) electrons. The van der Waals surface area contributed by atoms with E-state index in [2.05, 4.69) is 5.10 Å². The fraction of sp³-hybridized carbons (Fsp3) is 0.455. The minimum Gasteiger partial charge on any atom is -0.338 e. The van der Waals surface area contributed by atoms with Crippen LogP contribution in [-0.4, -0.2) is 63.5 Å². The van der Waals surface area contributed by atoms with Crippen LogP contribution in [0.5, 0.6) is 0 Å². The second-order valence-electron chi connectivity index (χ2n) is 8.41. The van der Waals surface area contributed by atoms with Gasteiger partial charge in [0.15, 0.2) is 5.78 Å². The second kappa shape index (κ2) is 7.87. The smallest absolute Gasteiger partial charge is 0.338 e. The van der Waals surface area contributed by atoms with Crippen LogP contribution in [0.2, 0.25) is 5.02 Å². The molecule has 2 aliphatic heterocycles. The van der Waals surface area contributed by atoms with E-state index in [1.165, 1.54) is 17.8 Å². The standard InChI is InChI=1S/C22H25ClN4O3/c1-15-3-4-17(23)13-18(15)20(29)26-12-8-22(14-26)6-10-25(11-7-22)21(30)27-9-5-19(24-27)16(2)28/h3-5,9,13H,6-8,10-12,14H2,1-2H3. The molecule has 0 bridgehead atoms. The molecule has 2 saturated heterocycles. The number of carbonyl (C=O) groups is 3. The molecule has 0 unspecified atom stereocenters. The highest BCUT2D eigenvalue weighted by atomic mass is 35.5. The first-order valence-corrected chi connectivity index (χ1v) is 10.6. The van der Waals surface area contributed by atoms with Gasteiger partial charge in [-0.2, -0.15) is 9.78 Å². The Kier molecular flexibility index (Phi) is 5.40. The van der Waals surface area contributed by atoms with Crippen LogP contribution in [0.25, 0.3) is 0 Å². The third-order valence-electron chi connectivity index (χ3n) is 6.40. The number of rotatable bonds is 2. The summed E-state index contributed by atoms with van der Waals surface area (Å²) in [4.78, 5) is 40.8. The van der Waals surface area contributed by atoms with Crippen molar-refractivity contribution in [2.75, 3.05) is 26.2 Å². The summed E-state index contributed by atoms with van der Waals surface area (Å²) in [7, 11) is 0. The molecule has 1 aromatic heterocycles. The molecule has 0 aliphatic carbocycles. The number of Topliss-reactive ketones (excluding diaryl/α,β-unsaturated/α-hetero) is 1. The molecule has 4 rings (SSSR count). The van der Waals surface area contributed by atoms with Crippen LogP contribution >= 0.6 is 11.6 Å². The molecule has 1 spiro atoms. The minimum atomic E-state index is -0.210. The quantitative estimate of drug-likeness (QED) is 0.684. The maximum atomic E-state index is 13.0. The maximum Gasteiger partial charge on any atom is 0.344 e. The summed E-state index contributed by atoms with van der Waals surface area (Å²) in [5.41, 5.74) is 1.92. The summed E-state index contributed by atoms with van der Waals surface area (Å²) in [5, 5.41) is 4.64. The summed E-state index contributed by atoms with van der Waals surface area (Å²) in [5.74, 6) is -0.136. The number of amides is 2. The number of aromatic nitrogens is 2. The number of carbonyl (C=O) groups excluding carboxylic acids is 3. The molecule has 3 heterocycles. The lowest BCUT2D eigenvalue weighted by Crippen LogP contribution is -2.46. The van der Waals surface area contributed by atoms with Gasteiger partial charge in [0.25, 0.3) is 5.91 Å². The van der Waals surface area contributed by atoms with Gasteiger partial charge in [0.05, 0.1) is 0 Å². The fourth-order valence-electron chi connectivity index (χ4n) is 4.45. The molecule has 2 amide bonds. The average Bonchev–Trinajstić information content (AvgIpc) is 3.38. The Morgan fingerprint density at radius 1 is 1.03 bits per heavy atom. The number of ketones is 1. The first kappa shape index (κ1) is 20.6. The largest absolute Gasteiger partial charge is 0.344 e. The van der Waals surface area contributed by atoms with Crippen LogP contribution < -0.4 is 0 Å². The number of piperidine rings is 1. The van der Waals surface area contributed by atoms with Gasteiger partial charge < -0.3 is 9.80 Å². The van der Waals surface area contributed by atoms with Gasteiger partial charge in [0, 0.05) is 49.9 Å². The Balaban J connectivity index is 1.39. The first-order valence-electron chi connectivity index (χ1n) is 10.2. The number of halogens is 1. The van der Waals surface area contributed by atoms with E-state index in [1.807, 2.05) is 17.9 Å². The van der Waals surface area contributed by atoms with Gasteiger partial charge in [0.2, 0.25) is 0 Å². The third-order valence-corrected chi connectivity index (χ3v) is 6.63. The highest BCUT2D eigenvalue weighted by Gasteiger charge is 2.43. The Morgan fingerprint density at radius 3 is 2.33 bits per heavy atom. The Morgan fingerprint density at radius 2 is 1.70 bits per heavy atom. The van der Waals surface area contributed by atoms with Crippen LogP contribution in [0.4, 0.5) is 4.79 Å². The van der Waals surface area contributed by atoms with E-state index in [9.17, 15) is 14.4 Å². The van der Waals surface area contributed by atoms with Crippen LogP contribution in [0.1, 0.15) is 52.6 Å². The third kappa shape index (κ3) is 3.86. The summed E-state index contributed by atoms with van der Waals surface area (Å²) in [6.07, 6.45) is 4.17. The number of benzene rings is 1. The van der Waals surface area contributed by atoms with Crippen molar-refractivity contribution in [3.8, 4) is 0 Å². The van der Waals surface area contributed by atoms with Crippen molar-refractivity contribution in [2.24, 2.45) is 5.41 Å². The highest BCUT2D eigenvalue weighted by Crippen LogP contribution is 2.41. The van der Waals surface area contributed by atoms with Crippen molar-refractivity contribution in [1.82, 2.24) is 19.6 Å². The molecule has 2 fully saturated rings. The lowest BCUT2D eigenvalue weighted by Gasteiger charge is -2.39. The molecule has 2 aromatic rings. The molecule has 30 heavy (non-hydrogen) atoms. The molecule has 0 saturated carbocycles. The summed E-state index contributed by atoms with van der Waals surface area (Å²) >= 11 is 6.09. The molecule has 7 nitrogen and oxygen atoms in total. The Hall–Kier alpha value is -2.67. The van der Waals surface area contributed by atoms with Crippen molar-refractivity contribution in [2.45, 2.75) is 33.1 Å². The van der Waals surface area contributed by atoms with Crippen LogP contribution in [0.15, 0.2) is 30.5 Å². The lowest BCUT2D eigenvalue weighted by atomic mass is 9.78. The zero-order valence-electron chi connectivity index (χ0n) is 17.2. The molecular formula is C22H25ClN4O3. The van der Waals surface area contributed by atoms with E-state index >= 15 is 0 Å².